The second-order valence-electron chi connectivity index (χ2n) is 4.77. The van der Waals surface area contributed by atoms with Gasteiger partial charge in [-0.25, -0.2) is 14.4 Å². The third kappa shape index (κ3) is 3.89. The third-order valence-electron chi connectivity index (χ3n) is 3.10. The van der Waals surface area contributed by atoms with E-state index in [1.165, 1.54) is 24.5 Å². The number of nitrogens with zero attached hydrogens (tertiary/aromatic N) is 2. The SMILES string of the molecule is O=C(Nc1ccc(I)cc1)c1cnc(-c2cccc(F)c2)nc1. The van der Waals surface area contributed by atoms with Crippen LogP contribution in [0.1, 0.15) is 10.4 Å². The molecule has 6 heteroatoms. The van der Waals surface area contributed by atoms with E-state index in [0.29, 0.717) is 22.6 Å². The first-order valence-corrected chi connectivity index (χ1v) is 7.84. The van der Waals surface area contributed by atoms with E-state index >= 15 is 0 Å². The van der Waals surface area contributed by atoms with Crippen molar-refractivity contribution in [1.82, 2.24) is 9.97 Å². The first-order valence-electron chi connectivity index (χ1n) is 6.77. The van der Waals surface area contributed by atoms with Crippen molar-refractivity contribution in [2.75, 3.05) is 5.32 Å². The van der Waals surface area contributed by atoms with Gasteiger partial charge in [-0.05, 0) is 59.0 Å². The van der Waals surface area contributed by atoms with E-state index in [0.717, 1.165) is 3.57 Å². The summed E-state index contributed by atoms with van der Waals surface area (Å²) in [5.74, 6) is -0.279. The van der Waals surface area contributed by atoms with Crippen molar-refractivity contribution in [3.8, 4) is 11.4 Å². The number of nitrogens with one attached hydrogen (secondary N) is 1. The lowest BCUT2D eigenvalue weighted by Crippen LogP contribution is -2.12. The van der Waals surface area contributed by atoms with E-state index in [2.05, 4.69) is 37.9 Å². The van der Waals surface area contributed by atoms with E-state index in [9.17, 15) is 9.18 Å². The van der Waals surface area contributed by atoms with Gasteiger partial charge >= 0.3 is 0 Å². The predicted octanol–water partition coefficient (Wildman–Crippen LogP) is 4.14. The number of aromatic nitrogens is 2. The number of rotatable bonds is 3. The number of halogens is 2. The van der Waals surface area contributed by atoms with Crippen molar-refractivity contribution in [2.24, 2.45) is 0 Å². The minimum atomic E-state index is -0.355. The van der Waals surface area contributed by atoms with Gasteiger partial charge in [0.1, 0.15) is 5.82 Å². The van der Waals surface area contributed by atoms with E-state index < -0.39 is 0 Å². The van der Waals surface area contributed by atoms with Gasteiger partial charge in [0, 0.05) is 27.2 Å². The van der Waals surface area contributed by atoms with Crippen LogP contribution in [0.2, 0.25) is 0 Å². The van der Waals surface area contributed by atoms with Gasteiger partial charge in [0.15, 0.2) is 5.82 Å². The first kappa shape index (κ1) is 15.5. The lowest BCUT2D eigenvalue weighted by atomic mass is 10.2. The molecule has 0 bridgehead atoms. The van der Waals surface area contributed by atoms with Gasteiger partial charge in [0.2, 0.25) is 0 Å². The Bertz CT molecular complexity index is 835. The Hall–Kier alpha value is -2.35. The quantitative estimate of drug-likeness (QED) is 0.650. The molecule has 2 aromatic carbocycles. The molecular weight excluding hydrogens is 408 g/mol. The highest BCUT2D eigenvalue weighted by Crippen LogP contribution is 2.16. The fourth-order valence-corrected chi connectivity index (χ4v) is 2.32. The standard InChI is InChI=1S/C17H11FIN3O/c18-13-3-1-2-11(8-13)16-20-9-12(10-21-16)17(23)22-15-6-4-14(19)5-7-15/h1-10H,(H,22,23). The van der Waals surface area contributed by atoms with Gasteiger partial charge in [-0.15, -0.1) is 0 Å². The number of carbonyl (C=O) groups is 1. The zero-order valence-electron chi connectivity index (χ0n) is 11.8. The van der Waals surface area contributed by atoms with Crippen LogP contribution in [-0.4, -0.2) is 15.9 Å². The first-order chi connectivity index (χ1) is 11.1. The molecule has 0 saturated heterocycles. The largest absolute Gasteiger partial charge is 0.322 e. The minimum Gasteiger partial charge on any atom is -0.322 e. The van der Waals surface area contributed by atoms with Gasteiger partial charge in [0.05, 0.1) is 5.56 Å². The Balaban J connectivity index is 1.76. The Kier molecular flexibility index (Phi) is 4.61. The van der Waals surface area contributed by atoms with Crippen molar-refractivity contribution in [2.45, 2.75) is 0 Å². The fourth-order valence-electron chi connectivity index (χ4n) is 1.96. The highest BCUT2D eigenvalue weighted by atomic mass is 127. The normalized spacial score (nSPS) is 10.3. The highest BCUT2D eigenvalue weighted by molar-refractivity contribution is 14.1. The van der Waals surface area contributed by atoms with Crippen molar-refractivity contribution in [3.63, 3.8) is 0 Å². The molecule has 0 fully saturated rings. The Morgan fingerprint density at radius 2 is 1.74 bits per heavy atom. The van der Waals surface area contributed by atoms with E-state index in [4.69, 9.17) is 0 Å². The molecule has 1 heterocycles. The summed E-state index contributed by atoms with van der Waals surface area (Å²) in [7, 11) is 0. The van der Waals surface area contributed by atoms with Crippen LogP contribution in [0.15, 0.2) is 60.9 Å². The van der Waals surface area contributed by atoms with Crippen LogP contribution in [-0.2, 0) is 0 Å². The summed E-state index contributed by atoms with van der Waals surface area (Å²) in [5, 5.41) is 2.77. The molecule has 0 unspecified atom stereocenters. The fraction of sp³-hybridized carbons (Fsp3) is 0. The molecule has 0 aliphatic heterocycles. The zero-order valence-corrected chi connectivity index (χ0v) is 14.0. The smallest absolute Gasteiger partial charge is 0.258 e. The molecule has 0 radical (unpaired) electrons. The molecule has 1 aromatic heterocycles. The second-order valence-corrected chi connectivity index (χ2v) is 6.01. The maximum atomic E-state index is 13.2. The van der Waals surface area contributed by atoms with Crippen LogP contribution in [0.25, 0.3) is 11.4 Å². The minimum absolute atomic E-state index is 0.294. The van der Waals surface area contributed by atoms with Crippen LogP contribution in [0.3, 0.4) is 0 Å². The molecule has 1 amide bonds. The van der Waals surface area contributed by atoms with Gasteiger partial charge in [-0.2, -0.15) is 0 Å². The van der Waals surface area contributed by atoms with Crippen molar-refractivity contribution >= 4 is 34.2 Å². The summed E-state index contributed by atoms with van der Waals surface area (Å²) in [5.41, 5.74) is 1.60. The molecule has 0 spiro atoms. The third-order valence-corrected chi connectivity index (χ3v) is 3.82. The van der Waals surface area contributed by atoms with Crippen LogP contribution < -0.4 is 5.32 Å². The maximum Gasteiger partial charge on any atom is 0.258 e. The molecule has 4 nitrogen and oxygen atoms in total. The Morgan fingerprint density at radius 1 is 1.04 bits per heavy atom. The second kappa shape index (κ2) is 6.82. The molecule has 3 aromatic rings. The van der Waals surface area contributed by atoms with Gasteiger partial charge in [-0.1, -0.05) is 12.1 Å². The van der Waals surface area contributed by atoms with Gasteiger partial charge in [0.25, 0.3) is 5.91 Å². The monoisotopic (exact) mass is 419 g/mol. The lowest BCUT2D eigenvalue weighted by molar-refractivity contribution is 0.102. The van der Waals surface area contributed by atoms with Gasteiger partial charge in [-0.3, -0.25) is 4.79 Å². The Labute approximate surface area is 145 Å². The molecule has 1 N–H and O–H groups in total. The zero-order chi connectivity index (χ0) is 16.2. The molecule has 0 atom stereocenters. The molecule has 23 heavy (non-hydrogen) atoms. The average Bonchev–Trinajstić information content (AvgIpc) is 2.57. The van der Waals surface area contributed by atoms with Crippen LogP contribution in [0, 0.1) is 9.39 Å². The van der Waals surface area contributed by atoms with Gasteiger partial charge < -0.3 is 5.32 Å². The number of hydrogen-bond donors (Lipinski definition) is 1. The van der Waals surface area contributed by atoms with Crippen molar-refractivity contribution in [3.05, 3.63) is 75.9 Å². The lowest BCUT2D eigenvalue weighted by Gasteiger charge is -2.06. The van der Waals surface area contributed by atoms with Crippen LogP contribution in [0.5, 0.6) is 0 Å². The van der Waals surface area contributed by atoms with Crippen molar-refractivity contribution < 1.29 is 9.18 Å². The molecular formula is C17H11FIN3O. The van der Waals surface area contributed by atoms with E-state index in [-0.39, 0.29) is 11.7 Å². The number of amides is 1. The van der Waals surface area contributed by atoms with Crippen LogP contribution >= 0.6 is 22.6 Å². The Morgan fingerprint density at radius 3 is 2.39 bits per heavy atom. The maximum absolute atomic E-state index is 13.2. The summed E-state index contributed by atoms with van der Waals surface area (Å²) < 4.78 is 14.3. The predicted molar refractivity (Wildman–Crippen MR) is 94.5 cm³/mol. The summed E-state index contributed by atoms with van der Waals surface area (Å²) in [4.78, 5) is 20.4. The summed E-state index contributed by atoms with van der Waals surface area (Å²) >= 11 is 2.19. The number of anilines is 1. The molecule has 0 aliphatic rings. The number of benzene rings is 2. The molecule has 114 valence electrons. The highest BCUT2D eigenvalue weighted by Gasteiger charge is 2.09. The molecule has 0 saturated carbocycles. The van der Waals surface area contributed by atoms with Crippen molar-refractivity contribution in [1.29, 1.82) is 0 Å². The topological polar surface area (TPSA) is 54.9 Å². The summed E-state index contributed by atoms with van der Waals surface area (Å²) in [6.07, 6.45) is 2.85. The average molecular weight is 419 g/mol. The molecule has 0 aliphatic carbocycles. The van der Waals surface area contributed by atoms with E-state index in [1.54, 1.807) is 12.1 Å². The summed E-state index contributed by atoms with van der Waals surface area (Å²) in [6, 6.07) is 13.4. The summed E-state index contributed by atoms with van der Waals surface area (Å²) in [6.45, 7) is 0. The van der Waals surface area contributed by atoms with Crippen LogP contribution in [0.4, 0.5) is 10.1 Å². The van der Waals surface area contributed by atoms with E-state index in [1.807, 2.05) is 24.3 Å². The number of carbonyl (C=O) groups excluding carboxylic acids is 1. The number of hydrogen-bond acceptors (Lipinski definition) is 3. The molecule has 3 rings (SSSR count).